The lowest BCUT2D eigenvalue weighted by molar-refractivity contribution is -0.119. The SMILES string of the molecule is CCC(=O)c1cc2ccc(-c3cc4nn(C)cc4c(O[C@H](C)[C@H]4CNC(=O)C4)n3)cc2n1C. The zero-order valence-corrected chi connectivity index (χ0v) is 19.3. The van der Waals surface area contributed by atoms with Crippen molar-refractivity contribution in [2.24, 2.45) is 20.0 Å². The third-order valence-corrected chi connectivity index (χ3v) is 6.50. The maximum Gasteiger partial charge on any atom is 0.225 e. The Balaban J connectivity index is 1.57. The number of fused-ring (bicyclic) bond motifs is 2. The number of aromatic nitrogens is 4. The molecule has 0 saturated carbocycles. The Labute approximate surface area is 191 Å². The Morgan fingerprint density at radius 3 is 2.82 bits per heavy atom. The first-order valence-electron chi connectivity index (χ1n) is 11.2. The Kier molecular flexibility index (Phi) is 5.15. The number of carbonyl (C=O) groups is 2. The molecular formula is C25H27N5O3. The largest absolute Gasteiger partial charge is 0.474 e. The normalized spacial score (nSPS) is 17.0. The van der Waals surface area contributed by atoms with Crippen LogP contribution in [0.25, 0.3) is 33.1 Å². The van der Waals surface area contributed by atoms with Crippen molar-refractivity contribution in [1.82, 2.24) is 24.6 Å². The zero-order valence-electron chi connectivity index (χ0n) is 19.3. The molecule has 0 bridgehead atoms. The fraction of sp³-hybridized carbons (Fsp3) is 0.360. The lowest BCUT2D eigenvalue weighted by Gasteiger charge is -2.19. The highest BCUT2D eigenvalue weighted by molar-refractivity contribution is 6.00. The third-order valence-electron chi connectivity index (χ3n) is 6.50. The van der Waals surface area contributed by atoms with Crippen LogP contribution in [0.1, 0.15) is 37.2 Å². The fourth-order valence-corrected chi connectivity index (χ4v) is 4.52. The number of ketones is 1. The van der Waals surface area contributed by atoms with Gasteiger partial charge in [-0.2, -0.15) is 5.10 Å². The highest BCUT2D eigenvalue weighted by atomic mass is 16.5. The second kappa shape index (κ2) is 8.03. The summed E-state index contributed by atoms with van der Waals surface area (Å²) in [5.74, 6) is 0.786. The number of pyridine rings is 1. The number of rotatable bonds is 6. The standard InChI is InChI=1S/C25H27N5O3/c1-5-23(31)22-9-16-7-6-15(8-21(16)30(22)4)19-11-20-18(13-29(3)28-20)25(27-19)33-14(2)17-10-24(32)26-12-17/h6-9,11,13-14,17H,5,10,12H2,1-4H3,(H,26,32)/t14-,17-/m1/s1. The first-order chi connectivity index (χ1) is 15.8. The topological polar surface area (TPSA) is 91.0 Å². The van der Waals surface area contributed by atoms with Crippen molar-refractivity contribution in [2.45, 2.75) is 32.8 Å². The molecule has 1 fully saturated rings. The average molecular weight is 446 g/mol. The predicted octanol–water partition coefficient (Wildman–Crippen LogP) is 3.62. The summed E-state index contributed by atoms with van der Waals surface area (Å²) in [6.07, 6.45) is 2.65. The molecule has 0 aliphatic carbocycles. The fourth-order valence-electron chi connectivity index (χ4n) is 4.52. The molecule has 170 valence electrons. The van der Waals surface area contributed by atoms with Crippen LogP contribution in [0.4, 0.5) is 0 Å². The van der Waals surface area contributed by atoms with E-state index in [9.17, 15) is 9.59 Å². The number of nitrogens with zero attached hydrogens (tertiary/aromatic N) is 4. The van der Waals surface area contributed by atoms with Crippen LogP contribution in [0.2, 0.25) is 0 Å². The smallest absolute Gasteiger partial charge is 0.225 e. The number of hydrogen-bond acceptors (Lipinski definition) is 5. The molecule has 33 heavy (non-hydrogen) atoms. The van der Waals surface area contributed by atoms with Gasteiger partial charge in [-0.25, -0.2) is 4.98 Å². The lowest BCUT2D eigenvalue weighted by atomic mass is 10.0. The lowest BCUT2D eigenvalue weighted by Crippen LogP contribution is -2.26. The highest BCUT2D eigenvalue weighted by Crippen LogP contribution is 2.32. The molecule has 8 nitrogen and oxygen atoms in total. The van der Waals surface area contributed by atoms with E-state index in [0.717, 1.165) is 33.1 Å². The van der Waals surface area contributed by atoms with Gasteiger partial charge in [-0.1, -0.05) is 19.1 Å². The van der Waals surface area contributed by atoms with Gasteiger partial charge in [0.2, 0.25) is 11.8 Å². The molecule has 0 radical (unpaired) electrons. The number of ether oxygens (including phenoxy) is 1. The molecule has 1 aromatic carbocycles. The molecule has 8 heteroatoms. The van der Waals surface area contributed by atoms with E-state index in [1.165, 1.54) is 0 Å². The first-order valence-corrected chi connectivity index (χ1v) is 11.2. The molecule has 1 amide bonds. The predicted molar refractivity (Wildman–Crippen MR) is 126 cm³/mol. The molecule has 1 N–H and O–H groups in total. The molecular weight excluding hydrogens is 418 g/mol. The van der Waals surface area contributed by atoms with Crippen molar-refractivity contribution in [3.05, 3.63) is 42.2 Å². The molecule has 2 atom stereocenters. The highest BCUT2D eigenvalue weighted by Gasteiger charge is 2.29. The van der Waals surface area contributed by atoms with Crippen molar-refractivity contribution in [3.8, 4) is 17.1 Å². The quantitative estimate of drug-likeness (QED) is 0.458. The van der Waals surface area contributed by atoms with Gasteiger partial charge in [0.1, 0.15) is 6.10 Å². The second-order valence-corrected chi connectivity index (χ2v) is 8.78. The van der Waals surface area contributed by atoms with E-state index < -0.39 is 0 Å². The molecule has 5 rings (SSSR count). The summed E-state index contributed by atoms with van der Waals surface area (Å²) in [4.78, 5) is 28.8. The van der Waals surface area contributed by atoms with E-state index in [2.05, 4.69) is 10.4 Å². The summed E-state index contributed by atoms with van der Waals surface area (Å²) in [5.41, 5.74) is 4.13. The molecule has 1 saturated heterocycles. The monoisotopic (exact) mass is 445 g/mol. The third kappa shape index (κ3) is 3.75. The van der Waals surface area contributed by atoms with Crippen molar-refractivity contribution in [2.75, 3.05) is 6.54 Å². The molecule has 1 aliphatic rings. The summed E-state index contributed by atoms with van der Waals surface area (Å²) in [5, 5.41) is 9.29. The van der Waals surface area contributed by atoms with Gasteiger partial charge in [-0.3, -0.25) is 14.3 Å². The van der Waals surface area contributed by atoms with Gasteiger partial charge in [-0.15, -0.1) is 0 Å². The van der Waals surface area contributed by atoms with Crippen LogP contribution in [0.5, 0.6) is 5.88 Å². The Morgan fingerprint density at radius 1 is 1.27 bits per heavy atom. The summed E-state index contributed by atoms with van der Waals surface area (Å²) < 4.78 is 9.98. The van der Waals surface area contributed by atoms with E-state index in [1.807, 2.05) is 69.0 Å². The van der Waals surface area contributed by atoms with Crippen LogP contribution < -0.4 is 10.1 Å². The molecule has 3 aromatic heterocycles. The number of benzene rings is 1. The molecule has 0 unspecified atom stereocenters. The minimum atomic E-state index is -0.173. The maximum absolute atomic E-state index is 12.3. The van der Waals surface area contributed by atoms with Crippen LogP contribution in [-0.2, 0) is 18.9 Å². The van der Waals surface area contributed by atoms with Gasteiger partial charge in [-0.05, 0) is 25.1 Å². The van der Waals surface area contributed by atoms with Crippen LogP contribution in [-0.4, -0.2) is 43.7 Å². The van der Waals surface area contributed by atoms with Crippen molar-refractivity contribution in [1.29, 1.82) is 0 Å². The van der Waals surface area contributed by atoms with E-state index in [0.29, 0.717) is 31.0 Å². The van der Waals surface area contributed by atoms with Crippen molar-refractivity contribution in [3.63, 3.8) is 0 Å². The van der Waals surface area contributed by atoms with E-state index in [1.54, 1.807) is 4.68 Å². The summed E-state index contributed by atoms with van der Waals surface area (Å²) >= 11 is 0. The zero-order chi connectivity index (χ0) is 23.3. The minimum absolute atomic E-state index is 0.0560. The van der Waals surface area contributed by atoms with Crippen molar-refractivity contribution >= 4 is 33.5 Å². The van der Waals surface area contributed by atoms with E-state index in [4.69, 9.17) is 9.72 Å². The number of carbonyl (C=O) groups excluding carboxylic acids is 2. The molecule has 1 aliphatic heterocycles. The summed E-state index contributed by atoms with van der Waals surface area (Å²) in [7, 11) is 3.78. The number of amides is 1. The van der Waals surface area contributed by atoms with Gasteiger partial charge in [0, 0.05) is 62.1 Å². The summed E-state index contributed by atoms with van der Waals surface area (Å²) in [6.45, 7) is 4.46. The number of Topliss-reactive ketones (excluding diaryl/α,β-unsaturated/α-hetero) is 1. The average Bonchev–Trinajstić information content (AvgIpc) is 3.49. The van der Waals surface area contributed by atoms with Crippen LogP contribution in [0, 0.1) is 5.92 Å². The maximum atomic E-state index is 12.3. The number of nitrogens with one attached hydrogen (secondary N) is 1. The molecule has 4 heterocycles. The Morgan fingerprint density at radius 2 is 2.09 bits per heavy atom. The van der Waals surface area contributed by atoms with E-state index in [-0.39, 0.29) is 23.7 Å². The van der Waals surface area contributed by atoms with Gasteiger partial charge < -0.3 is 14.6 Å². The molecule has 0 spiro atoms. The second-order valence-electron chi connectivity index (χ2n) is 8.78. The first kappa shape index (κ1) is 21.2. The van der Waals surface area contributed by atoms with Gasteiger partial charge >= 0.3 is 0 Å². The van der Waals surface area contributed by atoms with Gasteiger partial charge in [0.25, 0.3) is 0 Å². The number of aryl methyl sites for hydroxylation is 2. The minimum Gasteiger partial charge on any atom is -0.474 e. The van der Waals surface area contributed by atoms with Crippen LogP contribution in [0.3, 0.4) is 0 Å². The van der Waals surface area contributed by atoms with Crippen LogP contribution >= 0.6 is 0 Å². The van der Waals surface area contributed by atoms with Crippen molar-refractivity contribution < 1.29 is 14.3 Å². The van der Waals surface area contributed by atoms with Crippen LogP contribution in [0.15, 0.2) is 36.5 Å². The number of hydrogen-bond donors (Lipinski definition) is 1. The van der Waals surface area contributed by atoms with Gasteiger partial charge in [0.15, 0.2) is 5.78 Å². The van der Waals surface area contributed by atoms with Gasteiger partial charge in [0.05, 0.1) is 22.3 Å². The Hall–Kier alpha value is -3.68. The Bertz CT molecular complexity index is 1400. The molecule has 4 aromatic rings. The van der Waals surface area contributed by atoms with E-state index >= 15 is 0 Å². The summed E-state index contributed by atoms with van der Waals surface area (Å²) in [6, 6.07) is 9.96.